The molecule has 1 saturated heterocycles. The van der Waals surface area contributed by atoms with Crippen LogP contribution in [-0.4, -0.2) is 43.0 Å². The Balaban J connectivity index is 1.68. The summed E-state index contributed by atoms with van der Waals surface area (Å²) in [6, 6.07) is 13.9. The quantitative estimate of drug-likeness (QED) is 0.599. The molecule has 1 unspecified atom stereocenters. The molecule has 2 aromatic carbocycles. The smallest absolute Gasteiger partial charge is 0.233 e. The number of piperidine rings is 1. The number of benzene rings is 2. The predicted molar refractivity (Wildman–Crippen MR) is 116 cm³/mol. The van der Waals surface area contributed by atoms with E-state index in [0.717, 1.165) is 5.56 Å². The maximum Gasteiger partial charge on any atom is 0.233 e. The molecule has 0 N–H and O–H groups in total. The molecule has 6 nitrogen and oxygen atoms in total. The van der Waals surface area contributed by atoms with Crippen molar-refractivity contribution in [3.8, 4) is 0 Å². The van der Waals surface area contributed by atoms with Gasteiger partial charge in [-0.1, -0.05) is 41.7 Å². The summed E-state index contributed by atoms with van der Waals surface area (Å²) in [6.07, 6.45) is 2.42. The van der Waals surface area contributed by atoms with E-state index in [-0.39, 0.29) is 18.3 Å². The molecule has 1 aromatic heterocycles. The Bertz CT molecular complexity index is 1160. The Labute approximate surface area is 179 Å². The summed E-state index contributed by atoms with van der Waals surface area (Å²) >= 11 is 1.26. The maximum atomic E-state index is 13.6. The summed E-state index contributed by atoms with van der Waals surface area (Å²) in [7, 11) is -3.36. The van der Waals surface area contributed by atoms with Crippen LogP contribution in [0.25, 0.3) is 10.2 Å². The molecule has 4 rings (SSSR count). The van der Waals surface area contributed by atoms with Gasteiger partial charge in [0.05, 0.1) is 28.9 Å². The minimum Gasteiger partial charge on any atom is -0.283 e. The zero-order valence-electron chi connectivity index (χ0n) is 16.5. The van der Waals surface area contributed by atoms with Crippen LogP contribution in [-0.2, 0) is 21.4 Å². The average Bonchev–Trinajstić information content (AvgIpc) is 3.14. The van der Waals surface area contributed by atoms with Gasteiger partial charge >= 0.3 is 0 Å². The van der Waals surface area contributed by atoms with Gasteiger partial charge in [-0.15, -0.1) is 0 Å². The number of nitrogens with zero attached hydrogens (tertiary/aromatic N) is 3. The van der Waals surface area contributed by atoms with Crippen molar-refractivity contribution in [2.24, 2.45) is 5.92 Å². The lowest BCUT2D eigenvalue weighted by Gasteiger charge is -2.33. The highest BCUT2D eigenvalue weighted by Gasteiger charge is 2.34. The van der Waals surface area contributed by atoms with Crippen molar-refractivity contribution in [2.75, 3.05) is 24.2 Å². The first-order valence-corrected chi connectivity index (χ1v) is 12.3. The number of hydrogen-bond donors (Lipinski definition) is 0. The molecule has 30 heavy (non-hydrogen) atoms. The first-order chi connectivity index (χ1) is 14.3. The number of halogens is 1. The molecule has 0 radical (unpaired) electrons. The van der Waals surface area contributed by atoms with E-state index >= 15 is 0 Å². The highest BCUT2D eigenvalue weighted by atomic mass is 32.2. The van der Waals surface area contributed by atoms with E-state index in [1.54, 1.807) is 11.0 Å². The molecule has 1 fully saturated rings. The van der Waals surface area contributed by atoms with Crippen LogP contribution in [0.1, 0.15) is 18.4 Å². The number of carbonyl (C=O) groups excluding carboxylic acids is 1. The standard InChI is InChI=1S/C21H22FN3O3S2/c1-30(27,28)24-11-5-8-16(14-24)20(26)25(13-15-6-3-2-4-7-15)21-23-18-10-9-17(22)12-19(18)29-21/h2-4,6-7,9-10,12,16H,5,8,11,13-14H2,1H3. The molecule has 3 aromatic rings. The van der Waals surface area contributed by atoms with E-state index < -0.39 is 15.9 Å². The first kappa shape index (κ1) is 20.9. The topological polar surface area (TPSA) is 70.6 Å². The molecule has 0 bridgehead atoms. The van der Waals surface area contributed by atoms with Gasteiger partial charge < -0.3 is 0 Å². The van der Waals surface area contributed by atoms with Crippen LogP contribution in [0.4, 0.5) is 9.52 Å². The number of anilines is 1. The molecular formula is C21H22FN3O3S2. The summed E-state index contributed by atoms with van der Waals surface area (Å²) in [5, 5.41) is 0.487. The lowest BCUT2D eigenvalue weighted by molar-refractivity contribution is -0.123. The molecule has 158 valence electrons. The fourth-order valence-electron chi connectivity index (χ4n) is 3.67. The number of rotatable bonds is 5. The summed E-state index contributed by atoms with van der Waals surface area (Å²) in [5.41, 5.74) is 1.57. The minimum absolute atomic E-state index is 0.160. The van der Waals surface area contributed by atoms with Crippen LogP contribution in [0.5, 0.6) is 0 Å². The SMILES string of the molecule is CS(=O)(=O)N1CCCC(C(=O)N(Cc2ccccc2)c2nc3ccc(F)cc3s2)C1. The van der Waals surface area contributed by atoms with Gasteiger partial charge in [-0.25, -0.2) is 22.1 Å². The van der Waals surface area contributed by atoms with Crippen LogP contribution in [0, 0.1) is 11.7 Å². The average molecular weight is 448 g/mol. The molecule has 1 atom stereocenters. The van der Waals surface area contributed by atoms with Gasteiger partial charge in [-0.3, -0.25) is 9.69 Å². The van der Waals surface area contributed by atoms with Gasteiger partial charge in [0, 0.05) is 13.1 Å². The molecule has 9 heteroatoms. The van der Waals surface area contributed by atoms with Crippen molar-refractivity contribution >= 4 is 42.6 Å². The van der Waals surface area contributed by atoms with Crippen molar-refractivity contribution in [3.05, 3.63) is 59.9 Å². The van der Waals surface area contributed by atoms with E-state index in [1.807, 2.05) is 30.3 Å². The molecule has 1 aliphatic heterocycles. The van der Waals surface area contributed by atoms with Gasteiger partial charge in [0.2, 0.25) is 15.9 Å². The Kier molecular flexibility index (Phi) is 5.86. The number of hydrogen-bond acceptors (Lipinski definition) is 5. The highest BCUT2D eigenvalue weighted by molar-refractivity contribution is 7.88. The predicted octanol–water partition coefficient (Wildman–Crippen LogP) is 3.64. The number of thiazole rings is 1. The summed E-state index contributed by atoms with van der Waals surface area (Å²) in [5.74, 6) is -0.956. The number of carbonyl (C=O) groups is 1. The van der Waals surface area contributed by atoms with Crippen molar-refractivity contribution in [3.63, 3.8) is 0 Å². The lowest BCUT2D eigenvalue weighted by atomic mass is 9.98. The van der Waals surface area contributed by atoms with Crippen molar-refractivity contribution in [2.45, 2.75) is 19.4 Å². The molecule has 1 aliphatic rings. The van der Waals surface area contributed by atoms with Gasteiger partial charge in [0.15, 0.2) is 5.13 Å². The van der Waals surface area contributed by atoms with E-state index in [1.165, 1.54) is 34.0 Å². The second kappa shape index (κ2) is 8.41. The zero-order valence-corrected chi connectivity index (χ0v) is 18.1. The minimum atomic E-state index is -3.36. The zero-order chi connectivity index (χ0) is 21.3. The van der Waals surface area contributed by atoms with Crippen LogP contribution in [0.2, 0.25) is 0 Å². The fourth-order valence-corrected chi connectivity index (χ4v) is 5.58. The molecule has 0 spiro atoms. The second-order valence-electron chi connectivity index (χ2n) is 7.48. The van der Waals surface area contributed by atoms with Crippen molar-refractivity contribution in [1.29, 1.82) is 0 Å². The maximum absolute atomic E-state index is 13.6. The third kappa shape index (κ3) is 4.53. The molecule has 2 heterocycles. The van der Waals surface area contributed by atoms with Gasteiger partial charge in [-0.05, 0) is 36.6 Å². The monoisotopic (exact) mass is 447 g/mol. The van der Waals surface area contributed by atoms with E-state index in [2.05, 4.69) is 4.98 Å². The van der Waals surface area contributed by atoms with Gasteiger partial charge in [-0.2, -0.15) is 0 Å². The Hall–Kier alpha value is -2.36. The molecule has 0 aliphatic carbocycles. The number of fused-ring (bicyclic) bond motifs is 1. The number of aromatic nitrogens is 1. The highest BCUT2D eigenvalue weighted by Crippen LogP contribution is 2.32. The van der Waals surface area contributed by atoms with Crippen molar-refractivity contribution < 1.29 is 17.6 Å². The number of amides is 1. The lowest BCUT2D eigenvalue weighted by Crippen LogP contribution is -2.46. The van der Waals surface area contributed by atoms with Crippen LogP contribution >= 0.6 is 11.3 Å². The third-order valence-electron chi connectivity index (χ3n) is 5.22. The van der Waals surface area contributed by atoms with Crippen LogP contribution in [0.15, 0.2) is 48.5 Å². The van der Waals surface area contributed by atoms with Crippen LogP contribution < -0.4 is 4.90 Å². The van der Waals surface area contributed by atoms with Crippen LogP contribution in [0.3, 0.4) is 0 Å². The molecule has 0 saturated carbocycles. The second-order valence-corrected chi connectivity index (χ2v) is 10.5. The normalized spacial score (nSPS) is 17.9. The number of sulfonamides is 1. The Morgan fingerprint density at radius 3 is 2.77 bits per heavy atom. The Morgan fingerprint density at radius 1 is 1.27 bits per heavy atom. The van der Waals surface area contributed by atoms with Crippen molar-refractivity contribution in [1.82, 2.24) is 9.29 Å². The van der Waals surface area contributed by atoms with E-state index in [4.69, 9.17) is 0 Å². The Morgan fingerprint density at radius 2 is 2.03 bits per heavy atom. The largest absolute Gasteiger partial charge is 0.283 e. The van der Waals surface area contributed by atoms with E-state index in [0.29, 0.717) is 41.3 Å². The first-order valence-electron chi connectivity index (χ1n) is 9.68. The summed E-state index contributed by atoms with van der Waals surface area (Å²) in [4.78, 5) is 19.7. The summed E-state index contributed by atoms with van der Waals surface area (Å²) in [6.45, 7) is 0.918. The molecule has 1 amide bonds. The van der Waals surface area contributed by atoms with Gasteiger partial charge in [0.25, 0.3) is 0 Å². The fraction of sp³-hybridized carbons (Fsp3) is 0.333. The van der Waals surface area contributed by atoms with E-state index in [9.17, 15) is 17.6 Å². The molecular weight excluding hydrogens is 425 g/mol. The summed E-state index contributed by atoms with van der Waals surface area (Å²) < 4.78 is 39.6. The third-order valence-corrected chi connectivity index (χ3v) is 7.53. The van der Waals surface area contributed by atoms with Gasteiger partial charge in [0.1, 0.15) is 5.82 Å².